The van der Waals surface area contributed by atoms with Gasteiger partial charge in [-0.1, -0.05) is 0 Å². The Balaban J connectivity index is 1.60. The monoisotopic (exact) mass is 270 g/mol. The summed E-state index contributed by atoms with van der Waals surface area (Å²) in [7, 11) is 0. The topological polar surface area (TPSA) is 78.9 Å². The van der Waals surface area contributed by atoms with Crippen LogP contribution in [0.5, 0.6) is 0 Å². The van der Waals surface area contributed by atoms with Gasteiger partial charge in [-0.25, -0.2) is 4.79 Å². The molecular formula is C13H22N2O4. The second-order valence-corrected chi connectivity index (χ2v) is 5.47. The molecular weight excluding hydrogens is 248 g/mol. The van der Waals surface area contributed by atoms with Gasteiger partial charge in [0.2, 0.25) is 0 Å². The van der Waals surface area contributed by atoms with E-state index in [1.54, 1.807) is 0 Å². The number of urea groups is 1. The molecule has 2 saturated carbocycles. The Kier molecular flexibility index (Phi) is 5.01. The third-order valence-corrected chi connectivity index (χ3v) is 3.36. The molecule has 0 aromatic heterocycles. The van der Waals surface area contributed by atoms with Gasteiger partial charge in [-0.3, -0.25) is 4.79 Å². The maximum absolute atomic E-state index is 11.8. The van der Waals surface area contributed by atoms with Crippen LogP contribution in [-0.4, -0.2) is 54.9 Å². The Bertz CT molecular complexity index is 327. The number of hydrogen-bond donors (Lipinski definition) is 2. The Morgan fingerprint density at radius 1 is 1.21 bits per heavy atom. The smallest absolute Gasteiger partial charge is 0.323 e. The van der Waals surface area contributed by atoms with Crippen molar-refractivity contribution in [2.45, 2.75) is 25.7 Å². The van der Waals surface area contributed by atoms with E-state index in [2.05, 4.69) is 5.32 Å². The first-order chi connectivity index (χ1) is 9.15. The van der Waals surface area contributed by atoms with E-state index < -0.39 is 5.97 Å². The number of ether oxygens (including phenoxy) is 1. The predicted molar refractivity (Wildman–Crippen MR) is 68.9 cm³/mol. The third-order valence-electron chi connectivity index (χ3n) is 3.36. The van der Waals surface area contributed by atoms with E-state index in [1.807, 2.05) is 0 Å². The minimum Gasteiger partial charge on any atom is -0.480 e. The number of carboxylic acid groups (broad SMARTS) is 1. The maximum Gasteiger partial charge on any atom is 0.323 e. The van der Waals surface area contributed by atoms with Crippen LogP contribution in [0.3, 0.4) is 0 Å². The van der Waals surface area contributed by atoms with Crippen LogP contribution in [-0.2, 0) is 9.53 Å². The molecule has 0 heterocycles. The van der Waals surface area contributed by atoms with E-state index in [0.717, 1.165) is 19.4 Å². The quantitative estimate of drug-likeness (QED) is 0.611. The van der Waals surface area contributed by atoms with Crippen LogP contribution in [0.25, 0.3) is 0 Å². The summed E-state index contributed by atoms with van der Waals surface area (Å²) in [6, 6.07) is -0.302. The number of nitrogens with one attached hydrogen (secondary N) is 1. The van der Waals surface area contributed by atoms with Gasteiger partial charge in [0, 0.05) is 19.7 Å². The molecule has 108 valence electrons. The molecule has 0 aliphatic heterocycles. The van der Waals surface area contributed by atoms with Crippen molar-refractivity contribution in [2.75, 3.05) is 32.8 Å². The van der Waals surface area contributed by atoms with E-state index in [1.165, 1.54) is 17.7 Å². The average molecular weight is 270 g/mol. The van der Waals surface area contributed by atoms with Crippen LogP contribution in [0.1, 0.15) is 25.7 Å². The summed E-state index contributed by atoms with van der Waals surface area (Å²) >= 11 is 0. The highest BCUT2D eigenvalue weighted by molar-refractivity contribution is 5.80. The second-order valence-electron chi connectivity index (χ2n) is 5.47. The van der Waals surface area contributed by atoms with Crippen LogP contribution in [0.4, 0.5) is 4.79 Å². The average Bonchev–Trinajstić information content (AvgIpc) is 3.21. The largest absolute Gasteiger partial charge is 0.480 e. The number of carboxylic acids is 1. The van der Waals surface area contributed by atoms with Crippen molar-refractivity contribution in [3.8, 4) is 0 Å². The highest BCUT2D eigenvalue weighted by atomic mass is 16.5. The lowest BCUT2D eigenvalue weighted by molar-refractivity contribution is -0.137. The minimum atomic E-state index is -0.971. The highest BCUT2D eigenvalue weighted by Gasteiger charge is 2.27. The van der Waals surface area contributed by atoms with Gasteiger partial charge >= 0.3 is 12.0 Å². The molecule has 2 aliphatic carbocycles. The molecule has 0 atom stereocenters. The highest BCUT2D eigenvalue weighted by Crippen LogP contribution is 2.29. The molecule has 0 aromatic carbocycles. The molecule has 2 amide bonds. The zero-order chi connectivity index (χ0) is 13.7. The predicted octanol–water partition coefficient (Wildman–Crippen LogP) is 0.919. The Morgan fingerprint density at radius 3 is 2.47 bits per heavy atom. The van der Waals surface area contributed by atoms with Gasteiger partial charge in [0.25, 0.3) is 0 Å². The number of carbonyl (C=O) groups is 2. The van der Waals surface area contributed by atoms with Crippen LogP contribution in [0.15, 0.2) is 0 Å². The molecule has 0 bridgehead atoms. The van der Waals surface area contributed by atoms with E-state index in [-0.39, 0.29) is 12.6 Å². The summed E-state index contributed by atoms with van der Waals surface area (Å²) in [5.74, 6) is 0.228. The number of amides is 2. The first-order valence-corrected chi connectivity index (χ1v) is 6.97. The SMILES string of the molecule is O=C(O)CN(CC1CC1)C(=O)NCCOCC1CC1. The summed E-state index contributed by atoms with van der Waals surface area (Å²) in [6.07, 6.45) is 4.68. The van der Waals surface area contributed by atoms with Gasteiger partial charge in [-0.15, -0.1) is 0 Å². The van der Waals surface area contributed by atoms with Gasteiger partial charge in [-0.2, -0.15) is 0 Å². The minimum absolute atomic E-state index is 0.231. The Morgan fingerprint density at radius 2 is 1.89 bits per heavy atom. The molecule has 0 aromatic rings. The molecule has 2 N–H and O–H groups in total. The van der Waals surface area contributed by atoms with Crippen LogP contribution in [0, 0.1) is 11.8 Å². The van der Waals surface area contributed by atoms with E-state index in [9.17, 15) is 9.59 Å². The number of nitrogens with zero attached hydrogens (tertiary/aromatic N) is 1. The molecule has 2 rings (SSSR count). The standard InChI is InChI=1S/C13H22N2O4/c16-12(17)8-15(7-10-1-2-10)13(18)14-5-6-19-9-11-3-4-11/h10-11H,1-9H2,(H,14,18)(H,16,17). The zero-order valence-electron chi connectivity index (χ0n) is 11.1. The molecule has 0 radical (unpaired) electrons. The van der Waals surface area contributed by atoms with Crippen molar-refractivity contribution in [1.29, 1.82) is 0 Å². The van der Waals surface area contributed by atoms with Crippen LogP contribution >= 0.6 is 0 Å². The lowest BCUT2D eigenvalue weighted by Gasteiger charge is -2.21. The molecule has 6 heteroatoms. The summed E-state index contributed by atoms with van der Waals surface area (Å²) in [5.41, 5.74) is 0. The number of aliphatic carboxylic acids is 1. The number of carbonyl (C=O) groups excluding carboxylic acids is 1. The van der Waals surface area contributed by atoms with E-state index in [4.69, 9.17) is 9.84 Å². The fraction of sp³-hybridized carbons (Fsp3) is 0.846. The second kappa shape index (κ2) is 6.75. The molecule has 6 nitrogen and oxygen atoms in total. The maximum atomic E-state index is 11.8. The van der Waals surface area contributed by atoms with Gasteiger partial charge in [0.05, 0.1) is 6.61 Å². The van der Waals surface area contributed by atoms with Crippen molar-refractivity contribution in [2.24, 2.45) is 11.8 Å². The molecule has 2 aliphatic rings. The first-order valence-electron chi connectivity index (χ1n) is 6.97. The van der Waals surface area contributed by atoms with Crippen molar-refractivity contribution in [3.05, 3.63) is 0 Å². The lowest BCUT2D eigenvalue weighted by Crippen LogP contribution is -2.44. The summed E-state index contributed by atoms with van der Waals surface area (Å²) in [4.78, 5) is 24.0. The number of hydrogen-bond acceptors (Lipinski definition) is 3. The van der Waals surface area contributed by atoms with Gasteiger partial charge in [-0.05, 0) is 37.5 Å². The molecule has 0 saturated heterocycles. The van der Waals surface area contributed by atoms with Crippen molar-refractivity contribution in [1.82, 2.24) is 10.2 Å². The third kappa shape index (κ3) is 5.92. The fourth-order valence-electron chi connectivity index (χ4n) is 1.87. The van der Waals surface area contributed by atoms with Gasteiger partial charge < -0.3 is 20.1 Å². The molecule has 2 fully saturated rings. The normalized spacial score (nSPS) is 18.1. The number of rotatable bonds is 9. The first kappa shape index (κ1) is 14.1. The summed E-state index contributed by atoms with van der Waals surface area (Å²) < 4.78 is 5.41. The lowest BCUT2D eigenvalue weighted by atomic mass is 10.3. The summed E-state index contributed by atoms with van der Waals surface area (Å²) in [6.45, 7) is 2.02. The van der Waals surface area contributed by atoms with E-state index >= 15 is 0 Å². The van der Waals surface area contributed by atoms with E-state index in [0.29, 0.717) is 31.5 Å². The van der Waals surface area contributed by atoms with Crippen LogP contribution in [0.2, 0.25) is 0 Å². The Labute approximate surface area is 113 Å². The molecule has 0 unspecified atom stereocenters. The van der Waals surface area contributed by atoms with Crippen molar-refractivity contribution >= 4 is 12.0 Å². The van der Waals surface area contributed by atoms with Gasteiger partial charge in [0.1, 0.15) is 6.54 Å². The van der Waals surface area contributed by atoms with Crippen molar-refractivity contribution < 1.29 is 19.4 Å². The molecule has 0 spiro atoms. The fourth-order valence-corrected chi connectivity index (χ4v) is 1.87. The summed E-state index contributed by atoms with van der Waals surface area (Å²) in [5, 5.41) is 11.5. The Hall–Kier alpha value is -1.30. The van der Waals surface area contributed by atoms with Gasteiger partial charge in [0.15, 0.2) is 0 Å². The molecule has 19 heavy (non-hydrogen) atoms. The van der Waals surface area contributed by atoms with Crippen LogP contribution < -0.4 is 5.32 Å². The van der Waals surface area contributed by atoms with Crippen molar-refractivity contribution in [3.63, 3.8) is 0 Å². The zero-order valence-corrected chi connectivity index (χ0v) is 11.1.